The van der Waals surface area contributed by atoms with Gasteiger partial charge in [-0.05, 0) is 67.5 Å². The second-order valence-electron chi connectivity index (χ2n) is 13.6. The quantitative estimate of drug-likeness (QED) is 0.244. The van der Waals surface area contributed by atoms with Crippen molar-refractivity contribution in [3.05, 3.63) is 0 Å². The number of unbranched alkanes of at least 4 members (excludes halogenated alkanes) is 5. The Hall–Kier alpha value is -1.14. The molecule has 0 aromatic rings. The first-order valence-electron chi connectivity index (χ1n) is 14.4. The second kappa shape index (κ2) is 12.1. The van der Waals surface area contributed by atoms with Crippen molar-refractivity contribution in [3.63, 3.8) is 0 Å². The van der Waals surface area contributed by atoms with Crippen molar-refractivity contribution in [2.75, 3.05) is 27.2 Å². The Labute approximate surface area is 221 Å². The predicted octanol–water partition coefficient (Wildman–Crippen LogP) is 6.21. The van der Waals surface area contributed by atoms with Crippen LogP contribution in [0.15, 0.2) is 0 Å². The molecule has 2 heterocycles. The number of ether oxygens (including phenoxy) is 2. The maximum absolute atomic E-state index is 12.5. The summed E-state index contributed by atoms with van der Waals surface area (Å²) in [4.78, 5) is 29.7. The summed E-state index contributed by atoms with van der Waals surface area (Å²) < 4.78 is 11.9. The molecule has 210 valence electrons. The number of nitrogens with zero attached hydrogens (tertiary/aromatic N) is 2. The van der Waals surface area contributed by atoms with E-state index in [2.05, 4.69) is 79.3 Å². The number of hydrogen-bond acceptors (Lipinski definition) is 6. The zero-order valence-electron chi connectivity index (χ0n) is 25.2. The van der Waals surface area contributed by atoms with Crippen LogP contribution in [-0.4, -0.2) is 72.2 Å². The molecule has 2 saturated heterocycles. The SMILES string of the molecule is CN1CCC(OC(=O)CCCCCCCCC(=O)OC2CCN(C)C(C)(C)C2(C)C)C(C)(C)C1(C)C. The van der Waals surface area contributed by atoms with Gasteiger partial charge in [-0.1, -0.05) is 53.4 Å². The van der Waals surface area contributed by atoms with Crippen LogP contribution in [0.1, 0.15) is 120 Å². The molecule has 0 spiro atoms. The van der Waals surface area contributed by atoms with Gasteiger partial charge in [-0.15, -0.1) is 0 Å². The summed E-state index contributed by atoms with van der Waals surface area (Å²) in [6.07, 6.45) is 8.72. The second-order valence-corrected chi connectivity index (χ2v) is 13.6. The molecule has 0 N–H and O–H groups in total. The van der Waals surface area contributed by atoms with Crippen LogP contribution in [0.2, 0.25) is 0 Å². The minimum Gasteiger partial charge on any atom is -0.462 e. The molecule has 2 fully saturated rings. The average molecular weight is 509 g/mol. The lowest BCUT2D eigenvalue weighted by atomic mass is 9.66. The van der Waals surface area contributed by atoms with Gasteiger partial charge in [0.2, 0.25) is 0 Å². The van der Waals surface area contributed by atoms with E-state index in [4.69, 9.17) is 9.47 Å². The zero-order chi connectivity index (χ0) is 27.4. The van der Waals surface area contributed by atoms with Crippen molar-refractivity contribution in [1.29, 1.82) is 0 Å². The molecule has 0 saturated carbocycles. The van der Waals surface area contributed by atoms with Crippen LogP contribution in [-0.2, 0) is 19.1 Å². The van der Waals surface area contributed by atoms with Crippen LogP contribution in [0, 0.1) is 10.8 Å². The molecule has 6 nitrogen and oxygen atoms in total. The third-order valence-electron chi connectivity index (χ3n) is 10.7. The van der Waals surface area contributed by atoms with Gasteiger partial charge < -0.3 is 19.3 Å². The van der Waals surface area contributed by atoms with Gasteiger partial charge in [0.05, 0.1) is 0 Å². The number of rotatable bonds is 11. The highest BCUT2D eigenvalue weighted by Gasteiger charge is 2.51. The van der Waals surface area contributed by atoms with E-state index in [0.717, 1.165) is 64.5 Å². The molecule has 0 bridgehead atoms. The third-order valence-corrected chi connectivity index (χ3v) is 10.7. The predicted molar refractivity (Wildman–Crippen MR) is 147 cm³/mol. The minimum absolute atomic E-state index is 0.0114. The van der Waals surface area contributed by atoms with E-state index in [0.29, 0.717) is 12.8 Å². The Kier molecular flexibility index (Phi) is 10.5. The summed E-state index contributed by atoms with van der Waals surface area (Å²) in [7, 11) is 4.30. The smallest absolute Gasteiger partial charge is 0.306 e. The fourth-order valence-corrected chi connectivity index (χ4v) is 5.77. The molecular formula is C30H56N2O4. The number of carbonyl (C=O) groups is 2. The highest BCUT2D eigenvalue weighted by Crippen LogP contribution is 2.45. The number of likely N-dealkylation sites (tertiary alicyclic amines) is 2. The van der Waals surface area contributed by atoms with E-state index in [-0.39, 0.29) is 46.1 Å². The van der Waals surface area contributed by atoms with E-state index < -0.39 is 0 Å². The average Bonchev–Trinajstić information content (AvgIpc) is 2.78. The Balaban J connectivity index is 1.57. The maximum atomic E-state index is 12.5. The Bertz CT molecular complexity index is 681. The number of esters is 2. The first-order valence-corrected chi connectivity index (χ1v) is 14.4. The molecule has 2 aliphatic rings. The molecule has 0 radical (unpaired) electrons. The lowest BCUT2D eigenvalue weighted by Crippen LogP contribution is -2.62. The summed E-state index contributed by atoms with van der Waals surface area (Å²) in [5.74, 6) is -0.118. The molecular weight excluding hydrogens is 452 g/mol. The molecule has 0 aliphatic carbocycles. The summed E-state index contributed by atoms with van der Waals surface area (Å²) >= 11 is 0. The largest absolute Gasteiger partial charge is 0.462 e. The van der Waals surface area contributed by atoms with Crippen LogP contribution in [0.5, 0.6) is 0 Å². The van der Waals surface area contributed by atoms with Crippen molar-refractivity contribution in [1.82, 2.24) is 9.80 Å². The van der Waals surface area contributed by atoms with Crippen LogP contribution < -0.4 is 0 Å². The summed E-state index contributed by atoms with van der Waals surface area (Å²) in [5.41, 5.74) is -0.197. The molecule has 2 rings (SSSR count). The first-order chi connectivity index (χ1) is 16.5. The molecule has 6 heteroatoms. The molecule has 0 aromatic carbocycles. The highest BCUT2D eigenvalue weighted by atomic mass is 16.5. The fraction of sp³-hybridized carbons (Fsp3) is 0.933. The van der Waals surface area contributed by atoms with Gasteiger partial charge in [-0.2, -0.15) is 0 Å². The first kappa shape index (κ1) is 31.1. The molecule has 2 unspecified atom stereocenters. The minimum atomic E-state index is -0.0872. The molecule has 36 heavy (non-hydrogen) atoms. The molecule has 2 atom stereocenters. The third kappa shape index (κ3) is 6.83. The molecule has 0 amide bonds. The summed E-state index contributed by atoms with van der Waals surface area (Å²) in [5, 5.41) is 0. The number of piperidine rings is 2. The topological polar surface area (TPSA) is 59.1 Å². The van der Waals surface area contributed by atoms with Gasteiger partial charge in [0.25, 0.3) is 0 Å². The van der Waals surface area contributed by atoms with Gasteiger partial charge in [0.1, 0.15) is 12.2 Å². The van der Waals surface area contributed by atoms with Crippen LogP contribution in [0.3, 0.4) is 0 Å². The van der Waals surface area contributed by atoms with Crippen LogP contribution in [0.4, 0.5) is 0 Å². The maximum Gasteiger partial charge on any atom is 0.306 e. The monoisotopic (exact) mass is 508 g/mol. The lowest BCUT2D eigenvalue weighted by Gasteiger charge is -2.55. The number of carbonyl (C=O) groups excluding carboxylic acids is 2. The Morgan fingerprint density at radius 1 is 0.611 bits per heavy atom. The van der Waals surface area contributed by atoms with E-state index in [1.807, 2.05) is 0 Å². The normalized spacial score (nSPS) is 27.4. The Morgan fingerprint density at radius 3 is 1.25 bits per heavy atom. The van der Waals surface area contributed by atoms with E-state index in [1.54, 1.807) is 0 Å². The van der Waals surface area contributed by atoms with Crippen molar-refractivity contribution >= 4 is 11.9 Å². The van der Waals surface area contributed by atoms with Gasteiger partial charge in [-0.3, -0.25) is 9.59 Å². The van der Waals surface area contributed by atoms with E-state index in [1.165, 1.54) is 0 Å². The van der Waals surface area contributed by atoms with Gasteiger partial charge >= 0.3 is 11.9 Å². The fourth-order valence-electron chi connectivity index (χ4n) is 5.77. The Morgan fingerprint density at radius 2 is 0.917 bits per heavy atom. The standard InChI is InChI=1S/C30H56N2O4/c1-27(2)23(19-21-31(9)29(27,5)6)35-25(33)17-15-13-11-12-14-16-18-26(34)36-24-20-22-32(10)30(7,8)28(24,3)4/h23-24H,11-22H2,1-10H3. The van der Waals surface area contributed by atoms with Gasteiger partial charge in [0.15, 0.2) is 0 Å². The number of hydrogen-bond donors (Lipinski definition) is 0. The van der Waals surface area contributed by atoms with Gasteiger partial charge in [0, 0.05) is 47.8 Å². The van der Waals surface area contributed by atoms with E-state index in [9.17, 15) is 9.59 Å². The highest BCUT2D eigenvalue weighted by molar-refractivity contribution is 5.70. The summed E-state index contributed by atoms with van der Waals surface area (Å²) in [6.45, 7) is 19.7. The van der Waals surface area contributed by atoms with Gasteiger partial charge in [-0.25, -0.2) is 0 Å². The summed E-state index contributed by atoms with van der Waals surface area (Å²) in [6, 6.07) is 0. The van der Waals surface area contributed by atoms with Crippen molar-refractivity contribution < 1.29 is 19.1 Å². The zero-order valence-corrected chi connectivity index (χ0v) is 25.2. The van der Waals surface area contributed by atoms with E-state index >= 15 is 0 Å². The van der Waals surface area contributed by atoms with Crippen LogP contribution in [0.25, 0.3) is 0 Å². The molecule has 0 aromatic heterocycles. The molecule has 2 aliphatic heterocycles. The van der Waals surface area contributed by atoms with Crippen molar-refractivity contribution in [2.24, 2.45) is 10.8 Å². The van der Waals surface area contributed by atoms with Crippen LogP contribution >= 0.6 is 0 Å². The van der Waals surface area contributed by atoms with Crippen molar-refractivity contribution in [3.8, 4) is 0 Å². The van der Waals surface area contributed by atoms with Crippen molar-refractivity contribution in [2.45, 2.75) is 143 Å². The lowest BCUT2D eigenvalue weighted by molar-refractivity contribution is -0.172.